The quantitative estimate of drug-likeness (QED) is 0.447. The van der Waals surface area contributed by atoms with Gasteiger partial charge >= 0.3 is 0 Å². The van der Waals surface area contributed by atoms with Crippen molar-refractivity contribution in [1.29, 1.82) is 5.26 Å². The summed E-state index contributed by atoms with van der Waals surface area (Å²) in [4.78, 5) is 16.0. The standard InChI is InChI=1S/C24H20F2N6/c1-24(25,26)16-9-18-19(13-29-22(18)28-12-16)21-15(10-27)11-30-23(32-21)31-20-8-4-6-14-5-2-3-7-17(14)20/h2-3,5,7,9,11-13,20H,4,6,8H2,1H3,(H,28,29)(H,30,31,32). The van der Waals surface area contributed by atoms with Crippen LogP contribution < -0.4 is 5.32 Å². The smallest absolute Gasteiger partial charge is 0.272 e. The molecule has 2 N–H and O–H groups in total. The van der Waals surface area contributed by atoms with Crippen LogP contribution in [0.3, 0.4) is 0 Å². The molecule has 0 radical (unpaired) electrons. The molecule has 0 amide bonds. The van der Waals surface area contributed by atoms with E-state index in [0.717, 1.165) is 32.4 Å². The number of aromatic nitrogens is 4. The predicted octanol–water partition coefficient (Wildman–Crippen LogP) is 5.49. The normalized spacial score (nSPS) is 15.9. The van der Waals surface area contributed by atoms with E-state index in [4.69, 9.17) is 0 Å². The first-order valence-corrected chi connectivity index (χ1v) is 10.4. The average molecular weight is 430 g/mol. The minimum absolute atomic E-state index is 0.0655. The molecule has 3 aromatic heterocycles. The van der Waals surface area contributed by atoms with Crippen molar-refractivity contribution in [2.45, 2.75) is 38.2 Å². The number of pyridine rings is 1. The van der Waals surface area contributed by atoms with E-state index in [9.17, 15) is 14.0 Å². The molecule has 1 aromatic carbocycles. The molecule has 5 rings (SSSR count). The third-order valence-electron chi connectivity index (χ3n) is 5.88. The van der Waals surface area contributed by atoms with E-state index in [1.807, 2.05) is 12.1 Å². The number of aryl methyl sites for hydroxylation is 1. The van der Waals surface area contributed by atoms with Crippen molar-refractivity contribution < 1.29 is 8.78 Å². The second-order valence-corrected chi connectivity index (χ2v) is 8.07. The van der Waals surface area contributed by atoms with E-state index in [-0.39, 0.29) is 17.2 Å². The van der Waals surface area contributed by atoms with Gasteiger partial charge in [-0.05, 0) is 36.5 Å². The number of nitrogens with one attached hydrogen (secondary N) is 2. The largest absolute Gasteiger partial charge is 0.347 e. The molecule has 1 aliphatic rings. The second-order valence-electron chi connectivity index (χ2n) is 8.07. The lowest BCUT2D eigenvalue weighted by Crippen LogP contribution is -2.18. The molecule has 0 saturated carbocycles. The number of alkyl halides is 2. The molecule has 1 aliphatic carbocycles. The van der Waals surface area contributed by atoms with Crippen LogP contribution in [0.2, 0.25) is 0 Å². The van der Waals surface area contributed by atoms with E-state index in [2.05, 4.69) is 43.5 Å². The van der Waals surface area contributed by atoms with E-state index in [1.165, 1.54) is 23.4 Å². The van der Waals surface area contributed by atoms with Gasteiger partial charge in [0.05, 0.1) is 23.5 Å². The van der Waals surface area contributed by atoms with Crippen LogP contribution in [0.4, 0.5) is 14.7 Å². The first kappa shape index (κ1) is 20.1. The SMILES string of the molecule is CC(F)(F)c1cnc2[nH]cc(-c3nc(NC4CCCc5ccccc54)ncc3C#N)c2c1. The molecule has 3 heterocycles. The van der Waals surface area contributed by atoms with Crippen molar-refractivity contribution in [3.8, 4) is 17.3 Å². The van der Waals surface area contributed by atoms with E-state index in [1.54, 1.807) is 6.20 Å². The number of hydrogen-bond acceptors (Lipinski definition) is 5. The number of benzene rings is 1. The van der Waals surface area contributed by atoms with Crippen LogP contribution in [0.5, 0.6) is 0 Å². The van der Waals surface area contributed by atoms with Crippen LogP contribution >= 0.6 is 0 Å². The van der Waals surface area contributed by atoms with Gasteiger partial charge in [-0.15, -0.1) is 0 Å². The minimum Gasteiger partial charge on any atom is -0.347 e. The Morgan fingerprint density at radius 1 is 1.22 bits per heavy atom. The van der Waals surface area contributed by atoms with Crippen molar-refractivity contribution in [3.63, 3.8) is 0 Å². The van der Waals surface area contributed by atoms with Gasteiger partial charge in [0.2, 0.25) is 5.95 Å². The second kappa shape index (κ2) is 7.68. The number of rotatable bonds is 4. The van der Waals surface area contributed by atoms with Gasteiger partial charge in [0.15, 0.2) is 0 Å². The number of halogens is 2. The summed E-state index contributed by atoms with van der Waals surface area (Å²) in [6, 6.07) is 11.9. The summed E-state index contributed by atoms with van der Waals surface area (Å²) in [6.07, 6.45) is 7.30. The van der Waals surface area contributed by atoms with E-state index >= 15 is 0 Å². The number of hydrogen-bond donors (Lipinski definition) is 2. The highest BCUT2D eigenvalue weighted by atomic mass is 19.3. The molecule has 160 valence electrons. The lowest BCUT2D eigenvalue weighted by molar-refractivity contribution is 0.0173. The van der Waals surface area contributed by atoms with Gasteiger partial charge in [-0.25, -0.2) is 23.7 Å². The number of aromatic amines is 1. The highest BCUT2D eigenvalue weighted by Crippen LogP contribution is 2.35. The van der Waals surface area contributed by atoms with Gasteiger partial charge in [0, 0.05) is 35.8 Å². The minimum atomic E-state index is -3.03. The number of nitrogens with zero attached hydrogens (tertiary/aromatic N) is 4. The Morgan fingerprint density at radius 3 is 2.88 bits per heavy atom. The Labute approximate surface area is 183 Å². The van der Waals surface area contributed by atoms with Gasteiger partial charge in [-0.2, -0.15) is 5.26 Å². The molecule has 4 aromatic rings. The summed E-state index contributed by atoms with van der Waals surface area (Å²) in [6.45, 7) is 0.831. The Morgan fingerprint density at radius 2 is 2.06 bits per heavy atom. The molecule has 0 bridgehead atoms. The fourth-order valence-corrected chi connectivity index (χ4v) is 4.24. The van der Waals surface area contributed by atoms with Gasteiger partial charge < -0.3 is 10.3 Å². The van der Waals surface area contributed by atoms with Crippen LogP contribution in [0.25, 0.3) is 22.3 Å². The van der Waals surface area contributed by atoms with E-state index < -0.39 is 5.92 Å². The maximum absolute atomic E-state index is 13.9. The van der Waals surface area contributed by atoms with E-state index in [0.29, 0.717) is 28.2 Å². The van der Waals surface area contributed by atoms with Gasteiger partial charge in [0.1, 0.15) is 11.7 Å². The summed E-state index contributed by atoms with van der Waals surface area (Å²) >= 11 is 0. The third kappa shape index (κ3) is 3.56. The van der Waals surface area contributed by atoms with Crippen LogP contribution in [-0.4, -0.2) is 19.9 Å². The Bertz CT molecular complexity index is 1350. The molecule has 1 unspecified atom stereocenters. The maximum Gasteiger partial charge on any atom is 0.272 e. The summed E-state index contributed by atoms with van der Waals surface area (Å²) in [5.74, 6) is -2.64. The zero-order chi connectivity index (χ0) is 22.3. The highest BCUT2D eigenvalue weighted by Gasteiger charge is 2.26. The molecular formula is C24H20F2N6. The van der Waals surface area contributed by atoms with Crippen molar-refractivity contribution >= 4 is 17.0 Å². The van der Waals surface area contributed by atoms with Crippen LogP contribution in [-0.2, 0) is 12.3 Å². The van der Waals surface area contributed by atoms with Crippen molar-refractivity contribution in [3.05, 3.63) is 71.2 Å². The molecule has 0 spiro atoms. The van der Waals surface area contributed by atoms with Crippen molar-refractivity contribution in [2.75, 3.05) is 5.32 Å². The maximum atomic E-state index is 13.9. The van der Waals surface area contributed by atoms with Crippen LogP contribution in [0.1, 0.15) is 48.1 Å². The summed E-state index contributed by atoms with van der Waals surface area (Å²) in [7, 11) is 0. The molecule has 32 heavy (non-hydrogen) atoms. The topological polar surface area (TPSA) is 90.3 Å². The fraction of sp³-hybridized carbons (Fsp3) is 0.250. The van der Waals surface area contributed by atoms with Crippen molar-refractivity contribution in [1.82, 2.24) is 19.9 Å². The third-order valence-corrected chi connectivity index (χ3v) is 5.88. The molecule has 0 fully saturated rings. The predicted molar refractivity (Wildman–Crippen MR) is 117 cm³/mol. The summed E-state index contributed by atoms with van der Waals surface area (Å²) in [5, 5.41) is 13.5. The Kier molecular flexibility index (Phi) is 4.82. The van der Waals surface area contributed by atoms with Gasteiger partial charge in [-0.1, -0.05) is 24.3 Å². The molecule has 1 atom stereocenters. The Balaban J connectivity index is 1.56. The lowest BCUT2D eigenvalue weighted by Gasteiger charge is -2.26. The number of anilines is 1. The zero-order valence-electron chi connectivity index (χ0n) is 17.4. The summed E-state index contributed by atoms with van der Waals surface area (Å²) < 4.78 is 27.8. The monoisotopic (exact) mass is 430 g/mol. The highest BCUT2D eigenvalue weighted by molar-refractivity contribution is 5.94. The number of fused-ring (bicyclic) bond motifs is 2. The average Bonchev–Trinajstić information content (AvgIpc) is 3.22. The molecule has 0 aliphatic heterocycles. The molecular weight excluding hydrogens is 410 g/mol. The first-order chi connectivity index (χ1) is 15.4. The van der Waals surface area contributed by atoms with Crippen LogP contribution in [0, 0.1) is 11.3 Å². The lowest BCUT2D eigenvalue weighted by atomic mass is 9.88. The summed E-state index contributed by atoms with van der Waals surface area (Å²) in [5.41, 5.74) is 3.94. The first-order valence-electron chi connectivity index (χ1n) is 10.4. The molecule has 8 heteroatoms. The fourth-order valence-electron chi connectivity index (χ4n) is 4.24. The molecule has 0 saturated heterocycles. The number of nitriles is 1. The van der Waals surface area contributed by atoms with Crippen LogP contribution in [0.15, 0.2) is 48.9 Å². The van der Waals surface area contributed by atoms with Crippen molar-refractivity contribution in [2.24, 2.45) is 0 Å². The number of H-pyrrole nitrogens is 1. The van der Waals surface area contributed by atoms with Gasteiger partial charge in [0.25, 0.3) is 5.92 Å². The Hall–Kier alpha value is -3.86. The molecule has 6 nitrogen and oxygen atoms in total. The zero-order valence-corrected chi connectivity index (χ0v) is 17.4. The van der Waals surface area contributed by atoms with Gasteiger partial charge in [-0.3, -0.25) is 0 Å².